The highest BCUT2D eigenvalue weighted by Crippen LogP contribution is 2.25. The Morgan fingerprint density at radius 1 is 1.12 bits per heavy atom. The SMILES string of the molecule is NC1CCN(c2nnc(-n3cccc3)s2)CC1. The van der Waals surface area contributed by atoms with E-state index in [1.165, 1.54) is 0 Å². The molecule has 90 valence electrons. The third-order valence-electron chi connectivity index (χ3n) is 3.04. The summed E-state index contributed by atoms with van der Waals surface area (Å²) >= 11 is 1.62. The van der Waals surface area contributed by atoms with Crippen LogP contribution in [0.25, 0.3) is 5.13 Å². The first-order valence-corrected chi connectivity index (χ1v) is 6.62. The minimum atomic E-state index is 0.350. The van der Waals surface area contributed by atoms with Crippen molar-refractivity contribution in [3.63, 3.8) is 0 Å². The number of hydrogen-bond acceptors (Lipinski definition) is 5. The largest absolute Gasteiger partial charge is 0.346 e. The van der Waals surface area contributed by atoms with Crippen molar-refractivity contribution in [3.8, 4) is 5.13 Å². The van der Waals surface area contributed by atoms with Crippen LogP contribution < -0.4 is 10.6 Å². The van der Waals surface area contributed by atoms with Gasteiger partial charge in [-0.05, 0) is 25.0 Å². The Hall–Kier alpha value is -1.40. The molecule has 2 N–H and O–H groups in total. The predicted molar refractivity (Wildman–Crippen MR) is 68.7 cm³/mol. The monoisotopic (exact) mass is 249 g/mol. The summed E-state index contributed by atoms with van der Waals surface area (Å²) in [4.78, 5) is 2.27. The number of aromatic nitrogens is 3. The highest BCUT2D eigenvalue weighted by atomic mass is 32.1. The van der Waals surface area contributed by atoms with E-state index in [-0.39, 0.29) is 0 Å². The summed E-state index contributed by atoms with van der Waals surface area (Å²) in [6.45, 7) is 1.98. The lowest BCUT2D eigenvalue weighted by molar-refractivity contribution is 0.500. The Labute approximate surface area is 104 Å². The van der Waals surface area contributed by atoms with Gasteiger partial charge >= 0.3 is 0 Å². The van der Waals surface area contributed by atoms with Gasteiger partial charge in [-0.15, -0.1) is 10.2 Å². The Kier molecular flexibility index (Phi) is 2.82. The molecule has 3 rings (SSSR count). The minimum Gasteiger partial charge on any atom is -0.346 e. The summed E-state index contributed by atoms with van der Waals surface area (Å²) in [7, 11) is 0. The number of hydrogen-bond donors (Lipinski definition) is 1. The lowest BCUT2D eigenvalue weighted by atomic mass is 10.1. The van der Waals surface area contributed by atoms with E-state index in [0.29, 0.717) is 6.04 Å². The fourth-order valence-electron chi connectivity index (χ4n) is 1.99. The first-order valence-electron chi connectivity index (χ1n) is 5.80. The molecule has 1 saturated heterocycles. The maximum absolute atomic E-state index is 5.89. The van der Waals surface area contributed by atoms with E-state index in [1.807, 2.05) is 29.1 Å². The molecule has 2 aromatic heterocycles. The number of anilines is 1. The Balaban J connectivity index is 1.76. The quantitative estimate of drug-likeness (QED) is 0.870. The van der Waals surface area contributed by atoms with Crippen molar-refractivity contribution in [1.82, 2.24) is 14.8 Å². The molecular formula is C11H15N5S. The lowest BCUT2D eigenvalue weighted by Crippen LogP contribution is -2.39. The van der Waals surface area contributed by atoms with Crippen LogP contribution in [0.3, 0.4) is 0 Å². The van der Waals surface area contributed by atoms with Gasteiger partial charge in [-0.3, -0.25) is 4.57 Å². The summed E-state index contributed by atoms with van der Waals surface area (Å²) in [5.74, 6) is 0. The van der Waals surface area contributed by atoms with Gasteiger partial charge in [0.2, 0.25) is 10.3 Å². The van der Waals surface area contributed by atoms with Crippen molar-refractivity contribution >= 4 is 16.5 Å². The number of nitrogens with zero attached hydrogens (tertiary/aromatic N) is 4. The van der Waals surface area contributed by atoms with Crippen molar-refractivity contribution in [2.24, 2.45) is 5.73 Å². The molecule has 0 unspecified atom stereocenters. The average Bonchev–Trinajstić information content (AvgIpc) is 3.00. The fraction of sp³-hybridized carbons (Fsp3) is 0.455. The van der Waals surface area contributed by atoms with Crippen LogP contribution in [0.2, 0.25) is 0 Å². The lowest BCUT2D eigenvalue weighted by Gasteiger charge is -2.29. The normalized spacial score (nSPS) is 17.6. The molecule has 3 heterocycles. The molecule has 1 fully saturated rings. The summed E-state index contributed by atoms with van der Waals surface area (Å²) in [6.07, 6.45) is 6.05. The van der Waals surface area contributed by atoms with E-state index in [2.05, 4.69) is 15.1 Å². The zero-order valence-corrected chi connectivity index (χ0v) is 10.3. The second-order valence-corrected chi connectivity index (χ2v) is 5.22. The molecule has 0 atom stereocenters. The van der Waals surface area contributed by atoms with Crippen molar-refractivity contribution in [1.29, 1.82) is 0 Å². The number of piperidine rings is 1. The van der Waals surface area contributed by atoms with E-state index < -0.39 is 0 Å². The average molecular weight is 249 g/mol. The smallest absolute Gasteiger partial charge is 0.218 e. The number of rotatable bonds is 2. The maximum Gasteiger partial charge on any atom is 0.218 e. The third kappa shape index (κ3) is 2.18. The number of nitrogens with two attached hydrogens (primary N) is 1. The molecule has 17 heavy (non-hydrogen) atoms. The molecule has 0 spiro atoms. The molecule has 0 saturated carbocycles. The van der Waals surface area contributed by atoms with E-state index in [9.17, 15) is 0 Å². The second-order valence-electron chi connectivity index (χ2n) is 4.28. The van der Waals surface area contributed by atoms with Crippen LogP contribution in [-0.2, 0) is 0 Å². The van der Waals surface area contributed by atoms with E-state index in [1.54, 1.807) is 11.3 Å². The van der Waals surface area contributed by atoms with E-state index >= 15 is 0 Å². The first kappa shape index (κ1) is 10.7. The van der Waals surface area contributed by atoms with Gasteiger partial charge in [0.05, 0.1) is 0 Å². The highest BCUT2D eigenvalue weighted by Gasteiger charge is 2.19. The van der Waals surface area contributed by atoms with Gasteiger partial charge in [-0.2, -0.15) is 0 Å². The van der Waals surface area contributed by atoms with Gasteiger partial charge < -0.3 is 10.6 Å². The molecule has 0 radical (unpaired) electrons. The van der Waals surface area contributed by atoms with E-state index in [0.717, 1.165) is 36.2 Å². The summed E-state index contributed by atoms with van der Waals surface area (Å²) in [5.41, 5.74) is 5.89. The molecule has 0 aromatic carbocycles. The van der Waals surface area contributed by atoms with Crippen LogP contribution in [0.1, 0.15) is 12.8 Å². The van der Waals surface area contributed by atoms with Gasteiger partial charge in [-0.25, -0.2) is 0 Å². The fourth-order valence-corrected chi connectivity index (χ4v) is 2.86. The highest BCUT2D eigenvalue weighted by molar-refractivity contribution is 7.17. The van der Waals surface area contributed by atoms with E-state index in [4.69, 9.17) is 5.73 Å². The van der Waals surface area contributed by atoms with Gasteiger partial charge in [0.1, 0.15) is 0 Å². The van der Waals surface area contributed by atoms with Gasteiger partial charge in [0.25, 0.3) is 0 Å². The first-order chi connectivity index (χ1) is 8.33. The Bertz CT molecular complexity index is 470. The van der Waals surface area contributed by atoms with Crippen LogP contribution in [0, 0.1) is 0 Å². The van der Waals surface area contributed by atoms with Gasteiger partial charge in [0.15, 0.2) is 0 Å². The summed E-state index contributed by atoms with van der Waals surface area (Å²) < 4.78 is 1.98. The minimum absolute atomic E-state index is 0.350. The summed E-state index contributed by atoms with van der Waals surface area (Å²) in [5, 5.41) is 10.4. The molecule has 0 bridgehead atoms. The predicted octanol–water partition coefficient (Wildman–Crippen LogP) is 1.26. The van der Waals surface area contributed by atoms with Gasteiger partial charge in [0, 0.05) is 31.5 Å². The zero-order chi connectivity index (χ0) is 11.7. The molecule has 6 heteroatoms. The van der Waals surface area contributed by atoms with Crippen LogP contribution in [-0.4, -0.2) is 33.9 Å². The van der Waals surface area contributed by atoms with Crippen LogP contribution >= 0.6 is 11.3 Å². The molecule has 1 aliphatic rings. The molecular weight excluding hydrogens is 234 g/mol. The molecule has 2 aromatic rings. The van der Waals surface area contributed by atoms with Crippen molar-refractivity contribution in [2.45, 2.75) is 18.9 Å². The summed E-state index contributed by atoms with van der Waals surface area (Å²) in [6, 6.07) is 4.32. The maximum atomic E-state index is 5.89. The standard InChI is InChI=1S/C11H15N5S/c12-9-3-7-16(8-4-9)11-14-13-10(17-11)15-5-1-2-6-15/h1-2,5-6,9H,3-4,7-8,12H2. The molecule has 0 aliphatic carbocycles. The molecule has 0 amide bonds. The van der Waals surface area contributed by atoms with Gasteiger partial charge in [-0.1, -0.05) is 11.3 Å². The van der Waals surface area contributed by atoms with Crippen molar-refractivity contribution < 1.29 is 0 Å². The zero-order valence-electron chi connectivity index (χ0n) is 9.49. The van der Waals surface area contributed by atoms with Crippen LogP contribution in [0.4, 0.5) is 5.13 Å². The van der Waals surface area contributed by atoms with Crippen LogP contribution in [0.15, 0.2) is 24.5 Å². The van der Waals surface area contributed by atoms with Crippen LogP contribution in [0.5, 0.6) is 0 Å². The third-order valence-corrected chi connectivity index (χ3v) is 4.04. The molecule has 1 aliphatic heterocycles. The second kappa shape index (κ2) is 4.46. The Morgan fingerprint density at radius 2 is 1.76 bits per heavy atom. The van der Waals surface area contributed by atoms with Crippen molar-refractivity contribution in [2.75, 3.05) is 18.0 Å². The Morgan fingerprint density at radius 3 is 2.47 bits per heavy atom. The topological polar surface area (TPSA) is 60.0 Å². The molecule has 5 nitrogen and oxygen atoms in total. The van der Waals surface area contributed by atoms with Crippen molar-refractivity contribution in [3.05, 3.63) is 24.5 Å².